The fourth-order valence-corrected chi connectivity index (χ4v) is 10.2. The van der Waals surface area contributed by atoms with E-state index in [1.807, 2.05) is 40.1 Å². The lowest BCUT2D eigenvalue weighted by Crippen LogP contribution is -2.59. The van der Waals surface area contributed by atoms with Gasteiger partial charge in [0.1, 0.15) is 6.04 Å². The van der Waals surface area contributed by atoms with Gasteiger partial charge in [-0.3, -0.25) is 14.4 Å². The van der Waals surface area contributed by atoms with Crippen molar-refractivity contribution in [3.8, 4) is 0 Å². The summed E-state index contributed by atoms with van der Waals surface area (Å²) in [4.78, 5) is 49.3. The minimum absolute atomic E-state index is 0.0393. The molecule has 3 aliphatic rings. The molecule has 7 atom stereocenters. The zero-order valence-electron chi connectivity index (χ0n) is 26.5. The van der Waals surface area contributed by atoms with Crippen LogP contribution in [0.25, 0.3) is 0 Å². The maximum absolute atomic E-state index is 14.7. The Bertz CT molecular complexity index is 1160. The van der Waals surface area contributed by atoms with Crippen molar-refractivity contribution < 1.29 is 19.5 Å². The summed E-state index contributed by atoms with van der Waals surface area (Å²) < 4.78 is -0.722. The Morgan fingerprint density at radius 3 is 2.40 bits per heavy atom. The van der Waals surface area contributed by atoms with Gasteiger partial charge in [-0.25, -0.2) is 0 Å². The number of thioether (sulfide) groups is 1. The van der Waals surface area contributed by atoms with Crippen LogP contribution in [0, 0.1) is 23.7 Å². The fourth-order valence-electron chi connectivity index (χ4n) is 7.81. The first kappa shape index (κ1) is 33.3. The summed E-state index contributed by atoms with van der Waals surface area (Å²) in [6, 6.07) is 8.67. The van der Waals surface area contributed by atoms with Crippen LogP contribution in [-0.2, 0) is 20.9 Å². The molecule has 1 spiro atoms. The fraction of sp³-hybridized carbons (Fsp3) is 0.629. The molecule has 1 N–H and O–H groups in total. The van der Waals surface area contributed by atoms with Crippen LogP contribution in [0.4, 0.5) is 0 Å². The van der Waals surface area contributed by atoms with Crippen LogP contribution in [0.2, 0.25) is 0 Å². The van der Waals surface area contributed by atoms with Crippen molar-refractivity contribution in [2.24, 2.45) is 23.7 Å². The molecular weight excluding hydrogens is 558 g/mol. The molecule has 3 amide bonds. The van der Waals surface area contributed by atoms with Gasteiger partial charge in [-0.15, -0.1) is 24.9 Å². The van der Waals surface area contributed by atoms with Crippen molar-refractivity contribution >= 4 is 29.5 Å². The summed E-state index contributed by atoms with van der Waals surface area (Å²) in [5.74, 6) is -1.11. The van der Waals surface area contributed by atoms with Gasteiger partial charge in [-0.1, -0.05) is 83.0 Å². The second kappa shape index (κ2) is 14.5. The lowest BCUT2D eigenvalue weighted by molar-refractivity contribution is -0.147. The third-order valence-corrected chi connectivity index (χ3v) is 11.7. The van der Waals surface area contributed by atoms with Crippen molar-refractivity contribution in [1.82, 2.24) is 14.7 Å². The summed E-state index contributed by atoms with van der Waals surface area (Å²) in [5, 5.41) is 10.6. The molecule has 0 aromatic heterocycles. The maximum Gasteiger partial charge on any atom is 0.247 e. The van der Waals surface area contributed by atoms with Crippen molar-refractivity contribution in [3.63, 3.8) is 0 Å². The van der Waals surface area contributed by atoms with Crippen molar-refractivity contribution in [2.45, 2.75) is 88.4 Å². The molecule has 3 unspecified atom stereocenters. The summed E-state index contributed by atoms with van der Waals surface area (Å²) >= 11 is 1.70. The smallest absolute Gasteiger partial charge is 0.247 e. The highest BCUT2D eigenvalue weighted by atomic mass is 32.2. The second-order valence-corrected chi connectivity index (χ2v) is 14.6. The second-order valence-electron chi connectivity index (χ2n) is 13.0. The number of rotatable bonds is 16. The number of aliphatic hydroxyl groups is 1. The van der Waals surface area contributed by atoms with E-state index in [-0.39, 0.29) is 41.4 Å². The highest BCUT2D eigenvalue weighted by Crippen LogP contribution is 2.69. The minimum atomic E-state index is -0.729. The molecule has 3 aliphatic heterocycles. The maximum atomic E-state index is 14.7. The molecule has 1 aromatic rings. The Kier molecular flexibility index (Phi) is 11.2. The average Bonchev–Trinajstić information content (AvgIpc) is 3.58. The van der Waals surface area contributed by atoms with E-state index in [0.717, 1.165) is 31.2 Å². The number of carbonyl (C=O) groups is 3. The Labute approximate surface area is 262 Å². The number of unbranched alkanes of at least 4 members (excludes halogenated alkanes) is 2. The largest absolute Gasteiger partial charge is 0.394 e. The van der Waals surface area contributed by atoms with E-state index < -0.39 is 28.7 Å². The van der Waals surface area contributed by atoms with Gasteiger partial charge < -0.3 is 19.8 Å². The summed E-state index contributed by atoms with van der Waals surface area (Å²) in [6.45, 7) is 17.9. The number of benzene rings is 1. The average molecular weight is 610 g/mol. The van der Waals surface area contributed by atoms with Crippen LogP contribution >= 0.6 is 11.8 Å². The molecule has 0 aliphatic carbocycles. The lowest BCUT2D eigenvalue weighted by Gasteiger charge is -2.42. The van der Waals surface area contributed by atoms with Crippen molar-refractivity contribution in [3.05, 3.63) is 61.2 Å². The van der Waals surface area contributed by atoms with E-state index in [1.54, 1.807) is 28.8 Å². The number of fused-ring (bicyclic) bond motifs is 1. The van der Waals surface area contributed by atoms with E-state index in [0.29, 0.717) is 32.6 Å². The molecule has 1 aromatic carbocycles. The van der Waals surface area contributed by atoms with Gasteiger partial charge in [-0.05, 0) is 36.7 Å². The van der Waals surface area contributed by atoms with Gasteiger partial charge in [0.2, 0.25) is 17.7 Å². The normalized spacial score (nSPS) is 28.2. The zero-order chi connectivity index (χ0) is 31.3. The number of hydrogen-bond acceptors (Lipinski definition) is 5. The van der Waals surface area contributed by atoms with Crippen molar-refractivity contribution in [1.29, 1.82) is 0 Å². The Hall–Kier alpha value is -2.58. The molecule has 0 radical (unpaired) electrons. The van der Waals surface area contributed by atoms with Crippen LogP contribution < -0.4 is 0 Å². The topological polar surface area (TPSA) is 81.2 Å². The predicted octanol–water partition coefficient (Wildman–Crippen LogP) is 5.15. The van der Waals surface area contributed by atoms with E-state index >= 15 is 0 Å². The summed E-state index contributed by atoms with van der Waals surface area (Å²) in [6.07, 6.45) is 7.79. The number of aliphatic hydroxyl groups excluding tert-OH is 1. The molecule has 236 valence electrons. The van der Waals surface area contributed by atoms with Gasteiger partial charge in [0.15, 0.2) is 0 Å². The SMILES string of the molecule is C=CCN(CCCCC)C(=O)C1N([C@@H](CO)CC(C)C)C(=O)[C@@H]2[C@H](C(=O)N(CC=C)Cc3ccccc3)[C@@H]3CC(C)C12S3. The van der Waals surface area contributed by atoms with Crippen LogP contribution in [0.1, 0.15) is 65.4 Å². The quantitative estimate of drug-likeness (QED) is 0.207. The number of nitrogens with zero attached hydrogens (tertiary/aromatic N) is 3. The molecule has 2 bridgehead atoms. The number of likely N-dealkylation sites (tertiary alicyclic amines) is 1. The molecule has 43 heavy (non-hydrogen) atoms. The summed E-state index contributed by atoms with van der Waals surface area (Å²) in [5.41, 5.74) is 1.02. The highest BCUT2D eigenvalue weighted by molar-refractivity contribution is 8.02. The lowest BCUT2D eigenvalue weighted by atomic mass is 9.65. The van der Waals surface area contributed by atoms with E-state index in [2.05, 4.69) is 40.9 Å². The van der Waals surface area contributed by atoms with E-state index in [9.17, 15) is 19.5 Å². The first-order valence-corrected chi connectivity index (χ1v) is 17.0. The van der Waals surface area contributed by atoms with Gasteiger partial charge in [0, 0.05) is 31.4 Å². The number of hydrogen-bond donors (Lipinski definition) is 1. The zero-order valence-corrected chi connectivity index (χ0v) is 27.3. The molecule has 8 heteroatoms. The van der Waals surface area contributed by atoms with E-state index in [4.69, 9.17) is 0 Å². The molecule has 3 heterocycles. The molecule has 3 fully saturated rings. The first-order valence-electron chi connectivity index (χ1n) is 16.1. The van der Waals surface area contributed by atoms with Crippen LogP contribution in [0.3, 0.4) is 0 Å². The standard InChI is InChI=1S/C35H51N3O4S/c1-7-10-14-19-36(17-8-2)34(42)31-35-25(6)21-28(43-35)29(30(35)33(41)38(31)27(23-39)20-24(4)5)32(40)37(18-9-3)22-26-15-12-11-13-16-26/h8-9,11-13,15-16,24-25,27-31,39H,2-3,7,10,14,17-23H2,1,4-6H3/t25?,27-,28+,29-,30+,31?,35?/m1/s1. The Morgan fingerprint density at radius 2 is 1.79 bits per heavy atom. The van der Waals surface area contributed by atoms with Crippen LogP contribution in [0.5, 0.6) is 0 Å². The first-order chi connectivity index (χ1) is 20.7. The third kappa shape index (κ3) is 6.32. The predicted molar refractivity (Wildman–Crippen MR) is 174 cm³/mol. The van der Waals surface area contributed by atoms with Gasteiger partial charge >= 0.3 is 0 Å². The molecule has 7 nitrogen and oxygen atoms in total. The molecule has 0 saturated carbocycles. The number of amides is 3. The van der Waals surface area contributed by atoms with Gasteiger partial charge in [-0.2, -0.15) is 0 Å². The van der Waals surface area contributed by atoms with Gasteiger partial charge in [0.25, 0.3) is 0 Å². The van der Waals surface area contributed by atoms with Gasteiger partial charge in [0.05, 0.1) is 29.2 Å². The third-order valence-electron chi connectivity index (χ3n) is 9.62. The molecule has 3 saturated heterocycles. The Balaban J connectivity index is 1.77. The minimum Gasteiger partial charge on any atom is -0.394 e. The van der Waals surface area contributed by atoms with Crippen molar-refractivity contribution in [2.75, 3.05) is 26.2 Å². The number of carbonyl (C=O) groups excluding carboxylic acids is 3. The summed E-state index contributed by atoms with van der Waals surface area (Å²) in [7, 11) is 0. The molecular formula is C35H51N3O4S. The van der Waals surface area contributed by atoms with E-state index in [1.165, 1.54) is 0 Å². The van der Waals surface area contributed by atoms with Crippen LogP contribution in [-0.4, -0.2) is 85.8 Å². The monoisotopic (exact) mass is 609 g/mol. The van der Waals surface area contributed by atoms with Crippen LogP contribution in [0.15, 0.2) is 55.6 Å². The molecule has 4 rings (SSSR count). The Morgan fingerprint density at radius 1 is 1.12 bits per heavy atom. The highest BCUT2D eigenvalue weighted by Gasteiger charge is 2.77.